The quantitative estimate of drug-likeness (QED) is 0.0488. The molecule has 1 rings (SSSR count). The minimum atomic E-state index is -1.68. The molecular weight excluding hydrogens is 528 g/mol. The molecule has 4 unspecified atom stereocenters. The molecule has 0 heterocycles. The van der Waals surface area contributed by atoms with Crippen molar-refractivity contribution >= 4 is 41.5 Å². The molecule has 16 heteroatoms. The third kappa shape index (κ3) is 13.2. The Morgan fingerprint density at radius 2 is 1.38 bits per heavy atom. The van der Waals surface area contributed by atoms with Gasteiger partial charge in [-0.2, -0.15) is 0 Å². The molecule has 40 heavy (non-hydrogen) atoms. The van der Waals surface area contributed by atoms with Crippen molar-refractivity contribution in [1.82, 2.24) is 16.0 Å². The molecule has 1 aromatic carbocycles. The van der Waals surface area contributed by atoms with Gasteiger partial charge in [0, 0.05) is 19.4 Å². The minimum absolute atomic E-state index is 0.0507. The number of carboxylic acid groups (broad SMARTS) is 2. The Labute approximate surface area is 229 Å². The number of nitrogens with one attached hydrogen (secondary N) is 3. The predicted octanol–water partition coefficient (Wildman–Crippen LogP) is -3.11. The second kappa shape index (κ2) is 17.0. The van der Waals surface area contributed by atoms with Crippen LogP contribution in [0, 0.1) is 0 Å². The van der Waals surface area contributed by atoms with Gasteiger partial charge in [-0.05, 0) is 24.8 Å². The standard InChI is InChI=1S/C24H36N8O8/c25-14(8-9-18(26)33)20(36)31-16(11-13-5-2-1-3-6-13)21(37)32-17(12-19(34)35)22(38)30-15(23(39)40)7-4-10-29-24(27)28/h1-3,5-6,14-17H,4,7-12,25H2,(H2,26,33)(H,30,38)(H,31,36)(H,32,37)(H,34,35)(H,39,40)(H4,27,28,29). The lowest BCUT2D eigenvalue weighted by Crippen LogP contribution is -2.58. The van der Waals surface area contributed by atoms with E-state index >= 15 is 0 Å². The Morgan fingerprint density at radius 1 is 0.800 bits per heavy atom. The predicted molar refractivity (Wildman–Crippen MR) is 142 cm³/mol. The Balaban J connectivity index is 3.06. The van der Waals surface area contributed by atoms with Gasteiger partial charge in [0.25, 0.3) is 0 Å². The van der Waals surface area contributed by atoms with Crippen LogP contribution in [-0.2, 0) is 35.2 Å². The SMILES string of the molecule is NC(=O)CCC(N)C(=O)NC(Cc1ccccc1)C(=O)NC(CC(=O)O)C(=O)NC(CCCN=C(N)N)C(=O)O. The second-order valence-corrected chi connectivity index (χ2v) is 8.87. The van der Waals surface area contributed by atoms with Crippen LogP contribution in [0.25, 0.3) is 0 Å². The zero-order valence-electron chi connectivity index (χ0n) is 21.7. The number of hydrogen-bond acceptors (Lipinski definition) is 8. The molecule has 0 aromatic heterocycles. The molecule has 0 bridgehead atoms. The van der Waals surface area contributed by atoms with Gasteiger partial charge in [-0.3, -0.25) is 29.0 Å². The number of rotatable bonds is 18. The van der Waals surface area contributed by atoms with E-state index in [4.69, 9.17) is 22.9 Å². The van der Waals surface area contributed by atoms with E-state index in [9.17, 15) is 39.0 Å². The summed E-state index contributed by atoms with van der Waals surface area (Å²) in [6, 6.07) is 2.93. The van der Waals surface area contributed by atoms with Gasteiger partial charge in [-0.15, -0.1) is 0 Å². The molecule has 0 fully saturated rings. The number of benzene rings is 1. The van der Waals surface area contributed by atoms with Gasteiger partial charge >= 0.3 is 11.9 Å². The van der Waals surface area contributed by atoms with Crippen molar-refractivity contribution < 1.29 is 39.0 Å². The summed E-state index contributed by atoms with van der Waals surface area (Å²) >= 11 is 0. The molecule has 0 saturated heterocycles. The summed E-state index contributed by atoms with van der Waals surface area (Å²) in [6.07, 6.45) is -1.06. The summed E-state index contributed by atoms with van der Waals surface area (Å²) in [5, 5.41) is 25.7. The minimum Gasteiger partial charge on any atom is -0.481 e. The number of carboxylic acids is 2. The second-order valence-electron chi connectivity index (χ2n) is 8.87. The lowest BCUT2D eigenvalue weighted by molar-refractivity contribution is -0.143. The highest BCUT2D eigenvalue weighted by Gasteiger charge is 2.31. The molecule has 0 radical (unpaired) electrons. The fourth-order valence-electron chi connectivity index (χ4n) is 3.46. The third-order valence-corrected chi connectivity index (χ3v) is 5.53. The van der Waals surface area contributed by atoms with Gasteiger partial charge in [0.15, 0.2) is 5.96 Å². The van der Waals surface area contributed by atoms with Gasteiger partial charge in [0.2, 0.25) is 23.6 Å². The van der Waals surface area contributed by atoms with Crippen molar-refractivity contribution in [1.29, 1.82) is 0 Å². The molecule has 220 valence electrons. The van der Waals surface area contributed by atoms with Gasteiger partial charge in [-0.25, -0.2) is 4.79 Å². The van der Waals surface area contributed by atoms with Crippen LogP contribution in [0.15, 0.2) is 35.3 Å². The first-order chi connectivity index (χ1) is 18.8. The highest BCUT2D eigenvalue weighted by atomic mass is 16.4. The summed E-state index contributed by atoms with van der Waals surface area (Å²) in [7, 11) is 0. The third-order valence-electron chi connectivity index (χ3n) is 5.53. The summed E-state index contributed by atoms with van der Waals surface area (Å²) in [4.78, 5) is 76.5. The molecule has 0 saturated carbocycles. The lowest BCUT2D eigenvalue weighted by Gasteiger charge is -2.24. The van der Waals surface area contributed by atoms with E-state index < -0.39 is 66.2 Å². The summed E-state index contributed by atoms with van der Waals surface area (Å²) in [5.74, 6) is -6.45. The number of carbonyl (C=O) groups is 6. The number of nitrogens with two attached hydrogens (primary N) is 4. The number of amides is 4. The van der Waals surface area contributed by atoms with Gasteiger partial charge in [0.1, 0.15) is 18.1 Å². The van der Waals surface area contributed by atoms with Crippen molar-refractivity contribution in [2.45, 2.75) is 62.7 Å². The number of aliphatic imine (C=N–C) groups is 1. The average molecular weight is 565 g/mol. The fourth-order valence-corrected chi connectivity index (χ4v) is 3.46. The highest BCUT2D eigenvalue weighted by molar-refractivity contribution is 5.95. The number of hydrogen-bond donors (Lipinski definition) is 9. The molecule has 4 atom stereocenters. The van der Waals surface area contributed by atoms with Crippen molar-refractivity contribution in [3.63, 3.8) is 0 Å². The van der Waals surface area contributed by atoms with E-state index in [0.29, 0.717) is 5.56 Å². The first-order valence-corrected chi connectivity index (χ1v) is 12.3. The van der Waals surface area contributed by atoms with E-state index in [2.05, 4.69) is 20.9 Å². The maximum atomic E-state index is 13.2. The van der Waals surface area contributed by atoms with E-state index in [0.717, 1.165) is 0 Å². The zero-order valence-corrected chi connectivity index (χ0v) is 21.7. The molecular formula is C24H36N8O8. The largest absolute Gasteiger partial charge is 0.481 e. The molecule has 1 aromatic rings. The van der Waals surface area contributed by atoms with E-state index in [1.54, 1.807) is 30.3 Å². The van der Waals surface area contributed by atoms with Crippen LogP contribution in [0.2, 0.25) is 0 Å². The Hall–Kier alpha value is -4.73. The highest BCUT2D eigenvalue weighted by Crippen LogP contribution is 2.07. The lowest BCUT2D eigenvalue weighted by atomic mass is 10.0. The number of guanidine groups is 1. The summed E-state index contributed by atoms with van der Waals surface area (Å²) in [6.45, 7) is 0.0969. The number of carbonyl (C=O) groups excluding carboxylic acids is 4. The van der Waals surface area contributed by atoms with Crippen LogP contribution in [-0.4, -0.2) is 82.5 Å². The van der Waals surface area contributed by atoms with Gasteiger partial charge in [-0.1, -0.05) is 30.3 Å². The zero-order chi connectivity index (χ0) is 30.2. The average Bonchev–Trinajstić information content (AvgIpc) is 2.87. The van der Waals surface area contributed by atoms with Crippen molar-refractivity contribution in [2.75, 3.05) is 6.54 Å². The van der Waals surface area contributed by atoms with Crippen LogP contribution < -0.4 is 38.9 Å². The number of aliphatic carboxylic acids is 2. The van der Waals surface area contributed by atoms with Crippen LogP contribution >= 0.6 is 0 Å². The first kappa shape index (κ1) is 33.3. The Kier molecular flexibility index (Phi) is 14.1. The maximum Gasteiger partial charge on any atom is 0.326 e. The molecule has 0 aliphatic heterocycles. The van der Waals surface area contributed by atoms with E-state index in [1.807, 2.05) is 0 Å². The monoisotopic (exact) mass is 564 g/mol. The van der Waals surface area contributed by atoms with E-state index in [-0.39, 0.29) is 44.6 Å². The molecule has 0 aliphatic carbocycles. The maximum absolute atomic E-state index is 13.2. The number of primary amides is 1. The Morgan fingerprint density at radius 3 is 1.93 bits per heavy atom. The molecule has 16 nitrogen and oxygen atoms in total. The summed E-state index contributed by atoms with van der Waals surface area (Å²) in [5.41, 5.74) is 22.0. The normalized spacial score (nSPS) is 13.5. The van der Waals surface area contributed by atoms with Crippen molar-refractivity contribution in [2.24, 2.45) is 27.9 Å². The summed E-state index contributed by atoms with van der Waals surface area (Å²) < 4.78 is 0. The van der Waals surface area contributed by atoms with Crippen LogP contribution in [0.1, 0.15) is 37.7 Å². The van der Waals surface area contributed by atoms with E-state index in [1.165, 1.54) is 0 Å². The topological polar surface area (TPSA) is 295 Å². The smallest absolute Gasteiger partial charge is 0.326 e. The van der Waals surface area contributed by atoms with Crippen LogP contribution in [0.5, 0.6) is 0 Å². The van der Waals surface area contributed by atoms with Crippen LogP contribution in [0.4, 0.5) is 0 Å². The van der Waals surface area contributed by atoms with Crippen molar-refractivity contribution in [3.05, 3.63) is 35.9 Å². The van der Waals surface area contributed by atoms with Crippen LogP contribution in [0.3, 0.4) is 0 Å². The molecule has 0 spiro atoms. The van der Waals surface area contributed by atoms with Crippen molar-refractivity contribution in [3.8, 4) is 0 Å². The molecule has 13 N–H and O–H groups in total. The number of nitrogens with zero attached hydrogens (tertiary/aromatic N) is 1. The Bertz CT molecular complexity index is 1080. The fraction of sp³-hybridized carbons (Fsp3) is 0.458. The van der Waals surface area contributed by atoms with Gasteiger partial charge in [0.05, 0.1) is 12.5 Å². The molecule has 4 amide bonds. The van der Waals surface area contributed by atoms with Gasteiger partial charge < -0.3 is 49.1 Å². The molecule has 0 aliphatic rings. The first-order valence-electron chi connectivity index (χ1n) is 12.3.